The highest BCUT2D eigenvalue weighted by Gasteiger charge is 2.46. The number of primary amides is 2. The van der Waals surface area contributed by atoms with Crippen molar-refractivity contribution in [2.24, 2.45) is 28.9 Å². The Morgan fingerprint density at radius 2 is 1.14 bits per heavy atom. The van der Waals surface area contributed by atoms with E-state index in [9.17, 15) is 83.1 Å². The number of aliphatic hydroxyl groups is 3. The second kappa shape index (κ2) is 27.4. The van der Waals surface area contributed by atoms with E-state index in [1.165, 1.54) is 20.8 Å². The van der Waals surface area contributed by atoms with Gasteiger partial charge < -0.3 is 90.2 Å². The predicted octanol–water partition coefficient (Wildman–Crippen LogP) is -8.36. The van der Waals surface area contributed by atoms with Crippen LogP contribution in [0, 0.1) is 5.92 Å². The molecule has 2 aliphatic heterocycles. The van der Waals surface area contributed by atoms with Crippen LogP contribution in [0.5, 0.6) is 0 Å². The summed E-state index contributed by atoms with van der Waals surface area (Å²) in [5.74, 6) is -14.4. The molecule has 0 aromatic rings. The number of nitrogens with zero attached hydrogens (tertiary/aromatic N) is 2. The number of amides is 10. The maximum atomic E-state index is 14.0. The number of nitrogens with one attached hydrogen (secondary N) is 6. The van der Waals surface area contributed by atoms with E-state index in [4.69, 9.17) is 22.9 Å². The summed E-state index contributed by atoms with van der Waals surface area (Å²) >= 11 is 0. The number of carbonyl (C=O) groups is 12. The lowest BCUT2D eigenvalue weighted by molar-refractivity contribution is -0.145. The summed E-state index contributed by atoms with van der Waals surface area (Å²) in [5, 5.41) is 63.5. The minimum atomic E-state index is -1.84. The number of carboxylic acid groups (broad SMARTS) is 2. The van der Waals surface area contributed by atoms with Crippen molar-refractivity contribution >= 4 is 71.0 Å². The van der Waals surface area contributed by atoms with E-state index in [0.29, 0.717) is 12.8 Å². The molecule has 0 aliphatic carbocycles. The number of aliphatic hydroxyl groups excluding tert-OH is 3. The number of aliphatic carboxylic acids is 2. The van der Waals surface area contributed by atoms with Crippen LogP contribution >= 0.6 is 0 Å². The maximum absolute atomic E-state index is 14.0. The van der Waals surface area contributed by atoms with E-state index in [2.05, 4.69) is 31.9 Å². The third-order valence-electron chi connectivity index (χ3n) is 11.2. The summed E-state index contributed by atoms with van der Waals surface area (Å²) in [5.41, 5.74) is 21.9. The summed E-state index contributed by atoms with van der Waals surface area (Å²) in [6.07, 6.45) is -6.78. The second-order valence-corrected chi connectivity index (χ2v) is 17.1. The minimum absolute atomic E-state index is 0.0342. The zero-order chi connectivity index (χ0) is 52.4. The van der Waals surface area contributed by atoms with Crippen LogP contribution in [0.15, 0.2) is 0 Å². The number of likely N-dealkylation sites (tertiary alicyclic amines) is 2. The molecule has 0 bridgehead atoms. The molecule has 0 radical (unpaired) electrons. The first kappa shape index (κ1) is 58.6. The van der Waals surface area contributed by atoms with E-state index in [1.54, 1.807) is 0 Å². The Labute approximate surface area is 395 Å². The van der Waals surface area contributed by atoms with Crippen LogP contribution in [0.1, 0.15) is 78.6 Å². The molecule has 2 fully saturated rings. The van der Waals surface area contributed by atoms with Crippen molar-refractivity contribution in [3.63, 3.8) is 0 Å². The number of unbranched alkanes of at least 4 members (excludes halogenated alkanes) is 1. The van der Waals surface area contributed by atoms with E-state index in [1.807, 2.05) is 0 Å². The van der Waals surface area contributed by atoms with Gasteiger partial charge in [-0.05, 0) is 57.9 Å². The van der Waals surface area contributed by atoms with Crippen molar-refractivity contribution in [2.45, 2.75) is 145 Å². The maximum Gasteiger partial charge on any atom is 0.326 e. The smallest absolute Gasteiger partial charge is 0.326 e. The van der Waals surface area contributed by atoms with Crippen LogP contribution < -0.4 is 54.8 Å². The molecule has 2 rings (SSSR count). The normalized spacial score (nSPS) is 20.8. The van der Waals surface area contributed by atoms with Gasteiger partial charge in [0, 0.05) is 19.5 Å². The molecule has 19 N–H and O–H groups in total. The van der Waals surface area contributed by atoms with Gasteiger partial charge in [0.15, 0.2) is 0 Å². The fraction of sp³-hybridized carbons (Fsp3) is 0.700. The van der Waals surface area contributed by atoms with E-state index in [-0.39, 0.29) is 38.9 Å². The van der Waals surface area contributed by atoms with Crippen molar-refractivity contribution < 1.29 is 83.1 Å². The van der Waals surface area contributed by atoms with Crippen molar-refractivity contribution in [2.75, 3.05) is 26.2 Å². The van der Waals surface area contributed by atoms with Crippen LogP contribution in [0.2, 0.25) is 0 Å². The average Bonchev–Trinajstić information content (AvgIpc) is 3.85. The fourth-order valence-corrected chi connectivity index (χ4v) is 7.47. The van der Waals surface area contributed by atoms with Crippen LogP contribution in [-0.4, -0.2) is 199 Å². The van der Waals surface area contributed by atoms with Gasteiger partial charge in [0.1, 0.15) is 48.3 Å². The predicted molar refractivity (Wildman–Crippen MR) is 234 cm³/mol. The Morgan fingerprint density at radius 3 is 1.65 bits per heavy atom. The van der Waals surface area contributed by atoms with Gasteiger partial charge in [0.2, 0.25) is 59.1 Å². The Balaban J connectivity index is 2.22. The van der Waals surface area contributed by atoms with E-state index in [0.717, 1.165) is 9.80 Å². The lowest BCUT2D eigenvalue weighted by Gasteiger charge is -2.32. The lowest BCUT2D eigenvalue weighted by Crippen LogP contribution is -2.62. The van der Waals surface area contributed by atoms with Crippen molar-refractivity contribution in [3.05, 3.63) is 0 Å². The quantitative estimate of drug-likeness (QED) is 0.0324. The first-order valence-electron chi connectivity index (χ1n) is 22.1. The molecular formula is C40H66N12O17. The highest BCUT2D eigenvalue weighted by molar-refractivity contribution is 6.00. The van der Waals surface area contributed by atoms with E-state index < -0.39 is 176 Å². The van der Waals surface area contributed by atoms with Gasteiger partial charge in [0.25, 0.3) is 0 Å². The lowest BCUT2D eigenvalue weighted by atomic mass is 10.0. The van der Waals surface area contributed by atoms with Crippen LogP contribution in [0.4, 0.5) is 0 Å². The second-order valence-electron chi connectivity index (χ2n) is 17.1. The SMILES string of the molecule is CC(C)[C@H](NC(=O)[C@@H]1[C@@H](O)CCN1C(=O)[C@@H](N)[C@@H](C)O)C(=O)N[C@@H](CC(N)=O)C(=O)N1CC[C@H](O)[C@H]1C(=O)NCC(=O)N[C@@H](CC(N)=O)C(=O)N[C@@H](CCC(=O)O)C(=O)N[C@@H](CCCCN)C(=O)O. The first-order chi connectivity index (χ1) is 32.2. The Morgan fingerprint density at radius 1 is 0.638 bits per heavy atom. The van der Waals surface area contributed by atoms with Crippen molar-refractivity contribution in [1.29, 1.82) is 0 Å². The zero-order valence-electron chi connectivity index (χ0n) is 38.5. The standard InChI is InChI=1S/C40H66N12O17/c1-17(2)30(50-37(65)32-24(55)10-13-52(32)39(67)29(44)18(3)53)35(63)49-22(15-26(43)57)38(66)51-12-9-23(54)31(51)36(64)45-16-27(58)46-21(14-25(42)56)34(62)47-19(7-8-28(59)60)33(61)48-20(40(68)69)6-4-5-11-41/h17-24,29-32,53-55H,4-16,41,44H2,1-3H3,(H2,42,56)(H2,43,57)(H,45,64)(H,46,58)(H,47,62)(H,48,61)(H,49,63)(H,50,65)(H,59,60)(H,68,69)/t18-,19+,20+,21+,22+,23+,24+,29+,30+,31+,32+/m1/s1. The average molecular weight is 987 g/mol. The highest BCUT2D eigenvalue weighted by Crippen LogP contribution is 2.22. The van der Waals surface area contributed by atoms with Crippen LogP contribution in [0.3, 0.4) is 0 Å². The highest BCUT2D eigenvalue weighted by atomic mass is 16.4. The summed E-state index contributed by atoms with van der Waals surface area (Å²) < 4.78 is 0. The first-order valence-corrected chi connectivity index (χ1v) is 22.1. The van der Waals surface area contributed by atoms with Gasteiger partial charge in [-0.2, -0.15) is 0 Å². The number of carbonyl (C=O) groups excluding carboxylic acids is 10. The molecule has 0 unspecified atom stereocenters. The molecule has 0 aromatic carbocycles. The Kier molecular flexibility index (Phi) is 23.3. The zero-order valence-corrected chi connectivity index (χ0v) is 38.5. The molecule has 29 nitrogen and oxygen atoms in total. The largest absolute Gasteiger partial charge is 0.481 e. The van der Waals surface area contributed by atoms with Gasteiger partial charge in [-0.15, -0.1) is 0 Å². The molecule has 2 saturated heterocycles. The number of carboxylic acids is 2. The number of hydrogen-bond acceptors (Lipinski definition) is 17. The van der Waals surface area contributed by atoms with Gasteiger partial charge in [-0.1, -0.05) is 13.8 Å². The van der Waals surface area contributed by atoms with Crippen LogP contribution in [-0.2, 0) is 57.5 Å². The third-order valence-corrected chi connectivity index (χ3v) is 11.2. The molecule has 2 aliphatic rings. The van der Waals surface area contributed by atoms with Crippen molar-refractivity contribution in [3.8, 4) is 0 Å². The topological polar surface area (TPSA) is 489 Å². The molecular weight excluding hydrogens is 921 g/mol. The molecule has 29 heteroatoms. The van der Waals surface area contributed by atoms with E-state index >= 15 is 0 Å². The molecule has 0 saturated carbocycles. The summed E-state index contributed by atoms with van der Waals surface area (Å²) in [7, 11) is 0. The number of nitrogens with two attached hydrogens (primary N) is 4. The Hall–Kier alpha value is -6.56. The summed E-state index contributed by atoms with van der Waals surface area (Å²) in [4.78, 5) is 156. The fourth-order valence-electron chi connectivity index (χ4n) is 7.47. The molecule has 11 atom stereocenters. The van der Waals surface area contributed by atoms with Gasteiger partial charge in [-0.3, -0.25) is 52.7 Å². The molecule has 0 spiro atoms. The summed E-state index contributed by atoms with van der Waals surface area (Å²) in [6, 6.07) is -12.9. The van der Waals surface area contributed by atoms with Gasteiger partial charge >= 0.3 is 11.9 Å². The molecule has 0 aromatic heterocycles. The summed E-state index contributed by atoms with van der Waals surface area (Å²) in [6.45, 7) is 3.11. The number of hydrogen-bond donors (Lipinski definition) is 15. The molecule has 10 amide bonds. The van der Waals surface area contributed by atoms with Gasteiger partial charge in [-0.25, -0.2) is 4.79 Å². The molecule has 69 heavy (non-hydrogen) atoms. The van der Waals surface area contributed by atoms with Crippen LogP contribution in [0.25, 0.3) is 0 Å². The Bertz CT molecular complexity index is 1920. The van der Waals surface area contributed by atoms with Gasteiger partial charge in [0.05, 0.1) is 37.7 Å². The molecule has 2 heterocycles. The number of rotatable bonds is 28. The molecule has 388 valence electrons. The monoisotopic (exact) mass is 986 g/mol. The third kappa shape index (κ3) is 17.8. The minimum Gasteiger partial charge on any atom is -0.481 e. The van der Waals surface area contributed by atoms with Crippen molar-refractivity contribution in [1.82, 2.24) is 41.7 Å².